The van der Waals surface area contributed by atoms with Crippen LogP contribution in [0.15, 0.2) is 36.9 Å². The van der Waals surface area contributed by atoms with E-state index in [1.165, 1.54) is 0 Å². The van der Waals surface area contributed by atoms with Crippen LogP contribution in [0.4, 0.5) is 0 Å². The van der Waals surface area contributed by atoms with Crippen molar-refractivity contribution < 1.29 is 9.59 Å². The molecule has 0 aromatic carbocycles. The highest BCUT2D eigenvalue weighted by atomic mass is 16.2. The van der Waals surface area contributed by atoms with E-state index in [0.29, 0.717) is 31.0 Å². The molecule has 8 nitrogen and oxygen atoms in total. The van der Waals surface area contributed by atoms with Crippen LogP contribution in [-0.2, 0) is 24.9 Å². The van der Waals surface area contributed by atoms with Gasteiger partial charge >= 0.3 is 0 Å². The summed E-state index contributed by atoms with van der Waals surface area (Å²) in [5.74, 6) is 0.350. The van der Waals surface area contributed by atoms with Crippen LogP contribution in [0.5, 0.6) is 0 Å². The van der Waals surface area contributed by atoms with Gasteiger partial charge in [0.05, 0.1) is 18.4 Å². The summed E-state index contributed by atoms with van der Waals surface area (Å²) in [7, 11) is 1.87. The number of carbonyl (C=O) groups is 2. The standard InChI is InChI=1S/C20H26N6O2/c1-14(2)4-5-18(27)22-12-16-10-15(6-7-21-16)11-23-19(28)17-13-24-26-9-8-25(3)20(17)26/h6-10,13-14H,4-5,11-12H2,1-3H3,(H,22,27)(H,23,28). The van der Waals surface area contributed by atoms with Gasteiger partial charge in [-0.3, -0.25) is 14.6 Å². The number of hydrogen-bond acceptors (Lipinski definition) is 4. The van der Waals surface area contributed by atoms with Gasteiger partial charge in [-0.15, -0.1) is 0 Å². The lowest BCUT2D eigenvalue weighted by molar-refractivity contribution is -0.121. The number of amides is 2. The molecule has 3 aromatic rings. The number of rotatable bonds is 8. The van der Waals surface area contributed by atoms with E-state index in [2.05, 4.69) is 34.6 Å². The number of nitrogens with one attached hydrogen (secondary N) is 2. The number of imidazole rings is 1. The van der Waals surface area contributed by atoms with E-state index in [1.807, 2.05) is 29.9 Å². The third kappa shape index (κ3) is 4.76. The summed E-state index contributed by atoms with van der Waals surface area (Å²) in [5, 5.41) is 9.99. The molecule has 0 saturated heterocycles. The first-order valence-electron chi connectivity index (χ1n) is 9.41. The van der Waals surface area contributed by atoms with Crippen LogP contribution in [0.3, 0.4) is 0 Å². The number of aryl methyl sites for hydroxylation is 1. The molecule has 0 radical (unpaired) electrons. The Bertz CT molecular complexity index is 972. The Morgan fingerprint density at radius 2 is 2.00 bits per heavy atom. The number of fused-ring (bicyclic) bond motifs is 1. The van der Waals surface area contributed by atoms with E-state index >= 15 is 0 Å². The SMILES string of the molecule is CC(C)CCC(=O)NCc1cc(CNC(=O)c2cnn3ccn(C)c23)ccn1. The van der Waals surface area contributed by atoms with E-state index in [-0.39, 0.29) is 11.8 Å². The summed E-state index contributed by atoms with van der Waals surface area (Å²) in [5.41, 5.74) is 2.96. The fraction of sp³-hybridized carbons (Fsp3) is 0.400. The third-order valence-corrected chi connectivity index (χ3v) is 4.53. The van der Waals surface area contributed by atoms with Gasteiger partial charge in [0.1, 0.15) is 11.2 Å². The Balaban J connectivity index is 1.55. The molecular weight excluding hydrogens is 356 g/mol. The maximum Gasteiger partial charge on any atom is 0.256 e. The number of carbonyl (C=O) groups excluding carboxylic acids is 2. The second kappa shape index (κ2) is 8.69. The molecule has 0 aliphatic heterocycles. The van der Waals surface area contributed by atoms with Crippen molar-refractivity contribution in [2.75, 3.05) is 0 Å². The topological polar surface area (TPSA) is 93.3 Å². The summed E-state index contributed by atoms with van der Waals surface area (Å²) in [4.78, 5) is 28.7. The predicted octanol–water partition coefficient (Wildman–Crippen LogP) is 2.05. The largest absolute Gasteiger partial charge is 0.350 e. The van der Waals surface area contributed by atoms with Crippen molar-refractivity contribution in [2.45, 2.75) is 39.8 Å². The lowest BCUT2D eigenvalue weighted by Crippen LogP contribution is -2.24. The lowest BCUT2D eigenvalue weighted by atomic mass is 10.1. The molecule has 3 rings (SSSR count). The highest BCUT2D eigenvalue weighted by molar-refractivity contribution is 5.99. The summed E-state index contributed by atoms with van der Waals surface area (Å²) in [6.45, 7) is 4.95. The third-order valence-electron chi connectivity index (χ3n) is 4.53. The number of nitrogens with zero attached hydrogens (tertiary/aromatic N) is 4. The molecule has 2 amide bonds. The smallest absolute Gasteiger partial charge is 0.256 e. The number of hydrogen-bond donors (Lipinski definition) is 2. The number of pyridine rings is 1. The van der Waals surface area contributed by atoms with Crippen molar-refractivity contribution in [3.8, 4) is 0 Å². The van der Waals surface area contributed by atoms with Crippen molar-refractivity contribution in [1.82, 2.24) is 29.8 Å². The summed E-state index contributed by atoms with van der Waals surface area (Å²) in [6, 6.07) is 3.74. The molecule has 28 heavy (non-hydrogen) atoms. The van der Waals surface area contributed by atoms with Gasteiger partial charge in [0.25, 0.3) is 5.91 Å². The fourth-order valence-electron chi connectivity index (χ4n) is 2.92. The summed E-state index contributed by atoms with van der Waals surface area (Å²) in [6.07, 6.45) is 8.30. The van der Waals surface area contributed by atoms with E-state index in [4.69, 9.17) is 0 Å². The molecule has 0 fully saturated rings. The van der Waals surface area contributed by atoms with Gasteiger partial charge in [-0.25, -0.2) is 4.52 Å². The zero-order valence-electron chi connectivity index (χ0n) is 16.5. The Labute approximate surface area is 164 Å². The fourth-order valence-corrected chi connectivity index (χ4v) is 2.92. The van der Waals surface area contributed by atoms with Gasteiger partial charge < -0.3 is 15.2 Å². The zero-order valence-corrected chi connectivity index (χ0v) is 16.5. The predicted molar refractivity (Wildman–Crippen MR) is 105 cm³/mol. The molecule has 0 atom stereocenters. The molecule has 0 bridgehead atoms. The van der Waals surface area contributed by atoms with Crippen LogP contribution < -0.4 is 10.6 Å². The average Bonchev–Trinajstić information content (AvgIpc) is 3.26. The minimum atomic E-state index is -0.183. The van der Waals surface area contributed by atoms with Crippen molar-refractivity contribution in [2.24, 2.45) is 13.0 Å². The van der Waals surface area contributed by atoms with Crippen LogP contribution in [-0.4, -0.2) is 31.0 Å². The molecule has 0 saturated carbocycles. The molecule has 0 unspecified atom stereocenters. The lowest BCUT2D eigenvalue weighted by Gasteiger charge is -2.08. The van der Waals surface area contributed by atoms with Crippen LogP contribution in [0.25, 0.3) is 5.65 Å². The Hall–Kier alpha value is -3.16. The van der Waals surface area contributed by atoms with Crippen LogP contribution in [0, 0.1) is 5.92 Å². The van der Waals surface area contributed by atoms with Crippen LogP contribution >= 0.6 is 0 Å². The van der Waals surface area contributed by atoms with Crippen molar-refractivity contribution in [3.05, 3.63) is 53.7 Å². The molecule has 0 spiro atoms. The maximum absolute atomic E-state index is 12.5. The van der Waals surface area contributed by atoms with Gasteiger partial charge in [-0.1, -0.05) is 13.8 Å². The Morgan fingerprint density at radius 3 is 2.79 bits per heavy atom. The minimum absolute atomic E-state index is 0.0296. The van der Waals surface area contributed by atoms with Gasteiger partial charge in [-0.2, -0.15) is 5.10 Å². The molecule has 0 aliphatic carbocycles. The molecular formula is C20H26N6O2. The second-order valence-electron chi connectivity index (χ2n) is 7.28. The van der Waals surface area contributed by atoms with E-state index < -0.39 is 0 Å². The second-order valence-corrected chi connectivity index (χ2v) is 7.28. The molecule has 2 N–H and O–H groups in total. The van der Waals surface area contributed by atoms with Crippen LogP contribution in [0.1, 0.15) is 48.3 Å². The first kappa shape index (κ1) is 19.6. The normalized spacial score (nSPS) is 11.1. The average molecular weight is 382 g/mol. The van der Waals surface area contributed by atoms with E-state index in [0.717, 1.165) is 23.3 Å². The van der Waals surface area contributed by atoms with Gasteiger partial charge in [-0.05, 0) is 30.0 Å². The molecule has 0 aliphatic rings. The van der Waals surface area contributed by atoms with Gasteiger partial charge in [0.15, 0.2) is 0 Å². The van der Waals surface area contributed by atoms with Crippen molar-refractivity contribution in [3.63, 3.8) is 0 Å². The molecule has 3 heterocycles. The first-order valence-corrected chi connectivity index (χ1v) is 9.41. The monoisotopic (exact) mass is 382 g/mol. The summed E-state index contributed by atoms with van der Waals surface area (Å²) < 4.78 is 3.52. The van der Waals surface area contributed by atoms with Gasteiger partial charge in [0.2, 0.25) is 5.91 Å². The maximum atomic E-state index is 12.5. The first-order chi connectivity index (χ1) is 13.4. The van der Waals surface area contributed by atoms with Gasteiger partial charge in [0, 0.05) is 38.6 Å². The zero-order chi connectivity index (χ0) is 20.1. The molecule has 148 valence electrons. The molecule has 3 aromatic heterocycles. The summed E-state index contributed by atoms with van der Waals surface area (Å²) >= 11 is 0. The minimum Gasteiger partial charge on any atom is -0.350 e. The van der Waals surface area contributed by atoms with Crippen LogP contribution in [0.2, 0.25) is 0 Å². The van der Waals surface area contributed by atoms with E-state index in [9.17, 15) is 9.59 Å². The van der Waals surface area contributed by atoms with Crippen molar-refractivity contribution in [1.29, 1.82) is 0 Å². The Morgan fingerprint density at radius 1 is 1.18 bits per heavy atom. The number of aromatic nitrogens is 4. The van der Waals surface area contributed by atoms with Crippen molar-refractivity contribution >= 4 is 17.5 Å². The van der Waals surface area contributed by atoms with E-state index in [1.54, 1.807) is 23.1 Å². The molecule has 8 heteroatoms. The Kier molecular flexibility index (Phi) is 6.08. The highest BCUT2D eigenvalue weighted by Gasteiger charge is 2.15. The highest BCUT2D eigenvalue weighted by Crippen LogP contribution is 2.11. The quantitative estimate of drug-likeness (QED) is 0.624.